The zero-order valence-corrected chi connectivity index (χ0v) is 12.6. The highest BCUT2D eigenvalue weighted by Crippen LogP contribution is 2.30. The fraction of sp³-hybridized carbons (Fsp3) is 0.500. The fourth-order valence-electron chi connectivity index (χ4n) is 2.24. The van der Waals surface area contributed by atoms with Gasteiger partial charge in [0.15, 0.2) is 0 Å². The second-order valence-corrected chi connectivity index (χ2v) is 5.65. The van der Waals surface area contributed by atoms with Gasteiger partial charge in [-0.25, -0.2) is 9.59 Å². The number of hydrogen-bond donors (Lipinski definition) is 2. The first-order valence-corrected chi connectivity index (χ1v) is 7.41. The maximum atomic E-state index is 12.4. The Hall–Kier alpha value is -2.04. The van der Waals surface area contributed by atoms with Gasteiger partial charge in [0, 0.05) is 18.8 Å². The highest BCUT2D eigenvalue weighted by atomic mass is 16.4. The van der Waals surface area contributed by atoms with Gasteiger partial charge in [-0.3, -0.25) is 0 Å². The van der Waals surface area contributed by atoms with Crippen molar-refractivity contribution >= 4 is 17.7 Å². The number of carbonyl (C=O) groups excluding carboxylic acids is 1. The lowest BCUT2D eigenvalue weighted by Crippen LogP contribution is -2.37. The van der Waals surface area contributed by atoms with Gasteiger partial charge in [-0.1, -0.05) is 13.0 Å². The zero-order valence-electron chi connectivity index (χ0n) is 12.6. The minimum atomic E-state index is -0.992. The van der Waals surface area contributed by atoms with E-state index in [2.05, 4.69) is 5.32 Å². The van der Waals surface area contributed by atoms with Crippen LogP contribution in [-0.2, 0) is 0 Å². The molecule has 1 fully saturated rings. The van der Waals surface area contributed by atoms with Crippen LogP contribution in [0.5, 0.6) is 0 Å². The Morgan fingerprint density at radius 1 is 1.38 bits per heavy atom. The van der Waals surface area contributed by atoms with Gasteiger partial charge in [0.1, 0.15) is 0 Å². The van der Waals surface area contributed by atoms with Crippen molar-refractivity contribution < 1.29 is 14.7 Å². The van der Waals surface area contributed by atoms with E-state index in [0.29, 0.717) is 11.6 Å². The molecule has 2 N–H and O–H groups in total. The molecule has 5 nitrogen and oxygen atoms in total. The fourth-order valence-corrected chi connectivity index (χ4v) is 2.24. The summed E-state index contributed by atoms with van der Waals surface area (Å²) in [6.07, 6.45) is 3.30. The molecule has 1 aliphatic rings. The molecule has 1 aromatic rings. The number of hydrogen-bond acceptors (Lipinski definition) is 2. The third kappa shape index (κ3) is 4.21. The summed E-state index contributed by atoms with van der Waals surface area (Å²) in [4.78, 5) is 25.2. The van der Waals surface area contributed by atoms with Crippen molar-refractivity contribution in [2.75, 3.05) is 18.4 Å². The van der Waals surface area contributed by atoms with Crippen LogP contribution in [0.2, 0.25) is 0 Å². The smallest absolute Gasteiger partial charge is 0.335 e. The lowest BCUT2D eigenvalue weighted by Gasteiger charge is -2.23. The summed E-state index contributed by atoms with van der Waals surface area (Å²) in [5, 5.41) is 11.9. The predicted molar refractivity (Wildman–Crippen MR) is 81.7 cm³/mol. The number of carbonyl (C=O) groups is 2. The van der Waals surface area contributed by atoms with Crippen LogP contribution in [0.4, 0.5) is 10.5 Å². The zero-order chi connectivity index (χ0) is 15.4. The number of nitrogens with one attached hydrogen (secondary N) is 1. The maximum absolute atomic E-state index is 12.4. The summed E-state index contributed by atoms with van der Waals surface area (Å²) in [5.41, 5.74) is 1.60. The van der Waals surface area contributed by atoms with Gasteiger partial charge in [0.25, 0.3) is 0 Å². The van der Waals surface area contributed by atoms with Gasteiger partial charge in [-0.15, -0.1) is 0 Å². The van der Waals surface area contributed by atoms with Crippen molar-refractivity contribution in [3.8, 4) is 0 Å². The Bertz CT molecular complexity index is 538. The first-order valence-electron chi connectivity index (χ1n) is 7.41. The number of anilines is 1. The molecule has 1 aromatic carbocycles. The summed E-state index contributed by atoms with van der Waals surface area (Å²) >= 11 is 0. The highest BCUT2D eigenvalue weighted by Gasteiger charge is 2.26. The Morgan fingerprint density at radius 3 is 2.67 bits per heavy atom. The normalized spacial score (nSPS) is 13.8. The van der Waals surface area contributed by atoms with Crippen molar-refractivity contribution in [3.05, 3.63) is 29.3 Å². The van der Waals surface area contributed by atoms with Gasteiger partial charge in [0.2, 0.25) is 0 Å². The maximum Gasteiger partial charge on any atom is 0.335 e. The quantitative estimate of drug-likeness (QED) is 0.844. The Kier molecular flexibility index (Phi) is 4.83. The summed E-state index contributed by atoms with van der Waals surface area (Å²) in [7, 11) is 0. The third-order valence-electron chi connectivity index (χ3n) is 3.68. The van der Waals surface area contributed by atoms with Crippen LogP contribution in [0.15, 0.2) is 18.2 Å². The molecule has 0 atom stereocenters. The molecule has 1 saturated carbocycles. The van der Waals surface area contributed by atoms with E-state index in [1.807, 2.05) is 18.7 Å². The first-order chi connectivity index (χ1) is 10.0. The van der Waals surface area contributed by atoms with Crippen molar-refractivity contribution in [1.82, 2.24) is 4.90 Å². The SMILES string of the molecule is CCCN(CC1CC1)C(=O)Nc1cc(C(=O)O)ccc1C. The first kappa shape index (κ1) is 15.4. The average Bonchev–Trinajstić information content (AvgIpc) is 3.24. The number of benzene rings is 1. The van der Waals surface area contributed by atoms with Gasteiger partial charge in [-0.05, 0) is 49.8 Å². The van der Waals surface area contributed by atoms with Crippen LogP contribution in [-0.4, -0.2) is 35.1 Å². The van der Waals surface area contributed by atoms with Crippen LogP contribution in [0, 0.1) is 12.8 Å². The molecule has 0 heterocycles. The largest absolute Gasteiger partial charge is 0.478 e. The topological polar surface area (TPSA) is 69.6 Å². The highest BCUT2D eigenvalue weighted by molar-refractivity contribution is 5.94. The molecule has 0 unspecified atom stereocenters. The van der Waals surface area contributed by atoms with Gasteiger partial charge in [0.05, 0.1) is 5.56 Å². The molecular weight excluding hydrogens is 268 g/mol. The van der Waals surface area contributed by atoms with E-state index in [1.165, 1.54) is 18.9 Å². The van der Waals surface area contributed by atoms with Gasteiger partial charge >= 0.3 is 12.0 Å². The molecule has 2 rings (SSSR count). The molecule has 21 heavy (non-hydrogen) atoms. The Balaban J connectivity index is 2.09. The second kappa shape index (κ2) is 6.61. The number of amides is 2. The van der Waals surface area contributed by atoms with Crippen molar-refractivity contribution in [2.45, 2.75) is 33.1 Å². The van der Waals surface area contributed by atoms with Crippen molar-refractivity contribution in [2.24, 2.45) is 5.92 Å². The van der Waals surface area contributed by atoms with Crippen LogP contribution < -0.4 is 5.32 Å². The molecular formula is C16H22N2O3. The Labute approximate surface area is 125 Å². The predicted octanol–water partition coefficient (Wildman–Crippen LogP) is 3.35. The number of urea groups is 1. The average molecular weight is 290 g/mol. The summed E-state index contributed by atoms with van der Waals surface area (Å²) in [6, 6.07) is 4.62. The van der Waals surface area contributed by atoms with Gasteiger partial charge in [-0.2, -0.15) is 0 Å². The van der Waals surface area contributed by atoms with Crippen LogP contribution >= 0.6 is 0 Å². The third-order valence-corrected chi connectivity index (χ3v) is 3.68. The lowest BCUT2D eigenvalue weighted by atomic mass is 10.1. The minimum Gasteiger partial charge on any atom is -0.478 e. The Morgan fingerprint density at radius 2 is 2.10 bits per heavy atom. The van der Waals surface area contributed by atoms with E-state index < -0.39 is 5.97 Å². The van der Waals surface area contributed by atoms with E-state index in [-0.39, 0.29) is 11.6 Å². The lowest BCUT2D eigenvalue weighted by molar-refractivity contribution is 0.0697. The van der Waals surface area contributed by atoms with Crippen molar-refractivity contribution in [3.63, 3.8) is 0 Å². The minimum absolute atomic E-state index is 0.144. The number of aromatic carboxylic acids is 1. The summed E-state index contributed by atoms with van der Waals surface area (Å²) < 4.78 is 0. The monoisotopic (exact) mass is 290 g/mol. The number of nitrogens with zero attached hydrogens (tertiary/aromatic N) is 1. The van der Waals surface area contributed by atoms with Crippen LogP contribution in [0.3, 0.4) is 0 Å². The van der Waals surface area contributed by atoms with Crippen LogP contribution in [0.1, 0.15) is 42.1 Å². The molecule has 1 aliphatic carbocycles. The van der Waals surface area contributed by atoms with Crippen LogP contribution in [0.25, 0.3) is 0 Å². The number of aryl methyl sites for hydroxylation is 1. The molecule has 0 saturated heterocycles. The van der Waals surface area contributed by atoms with E-state index in [9.17, 15) is 9.59 Å². The number of rotatable bonds is 6. The van der Waals surface area contributed by atoms with E-state index in [4.69, 9.17) is 5.11 Å². The molecule has 0 bridgehead atoms. The molecule has 2 amide bonds. The molecule has 5 heteroatoms. The number of carboxylic acids is 1. The van der Waals surface area contributed by atoms with E-state index >= 15 is 0 Å². The number of carboxylic acid groups (broad SMARTS) is 1. The second-order valence-electron chi connectivity index (χ2n) is 5.65. The van der Waals surface area contributed by atoms with E-state index in [1.54, 1.807) is 12.1 Å². The standard InChI is InChI=1S/C16H22N2O3/c1-3-8-18(10-12-5-6-12)16(21)17-14-9-13(15(19)20)7-4-11(14)2/h4,7,9,12H,3,5-6,8,10H2,1-2H3,(H,17,21)(H,19,20). The molecule has 0 aliphatic heterocycles. The van der Waals surface area contributed by atoms with E-state index in [0.717, 1.165) is 25.1 Å². The molecule has 0 spiro atoms. The van der Waals surface area contributed by atoms with Gasteiger partial charge < -0.3 is 15.3 Å². The molecule has 114 valence electrons. The molecule has 0 aromatic heterocycles. The summed E-state index contributed by atoms with van der Waals surface area (Å²) in [5.74, 6) is -0.359. The van der Waals surface area contributed by atoms with Crippen molar-refractivity contribution in [1.29, 1.82) is 0 Å². The molecule has 0 radical (unpaired) electrons. The summed E-state index contributed by atoms with van der Waals surface area (Å²) in [6.45, 7) is 5.41.